The van der Waals surface area contributed by atoms with Crippen LogP contribution >= 0.6 is 15.9 Å². The van der Waals surface area contributed by atoms with Crippen LogP contribution < -0.4 is 15.5 Å². The largest absolute Gasteiger partial charge is 0.362 e. The summed E-state index contributed by atoms with van der Waals surface area (Å²) in [5, 5.41) is 6.41. The molecule has 1 fully saturated rings. The van der Waals surface area contributed by atoms with Crippen LogP contribution in [-0.2, 0) is 11.3 Å². The highest BCUT2D eigenvalue weighted by Crippen LogP contribution is 2.26. The summed E-state index contributed by atoms with van der Waals surface area (Å²) in [6, 6.07) is 6.31. The number of rotatable bonds is 5. The smallest absolute Gasteiger partial charge is 0.239 e. The molecule has 0 spiro atoms. The van der Waals surface area contributed by atoms with Crippen molar-refractivity contribution in [3.05, 3.63) is 28.2 Å². The first-order valence-corrected chi connectivity index (χ1v) is 8.36. The second-order valence-electron chi connectivity index (χ2n) is 5.92. The maximum atomic E-state index is 11.8. The summed E-state index contributed by atoms with van der Waals surface area (Å²) < 4.78 is 1.05. The predicted octanol–water partition coefficient (Wildman–Crippen LogP) is 2.52. The number of amides is 1. The zero-order chi connectivity index (χ0) is 15.2. The van der Waals surface area contributed by atoms with Crippen molar-refractivity contribution >= 4 is 27.5 Å². The minimum absolute atomic E-state index is 0.105. The highest BCUT2D eigenvalue weighted by atomic mass is 79.9. The van der Waals surface area contributed by atoms with E-state index in [1.807, 2.05) is 0 Å². The van der Waals surface area contributed by atoms with Crippen molar-refractivity contribution in [1.82, 2.24) is 10.6 Å². The summed E-state index contributed by atoms with van der Waals surface area (Å²) in [5.41, 5.74) is 2.39. The molecule has 0 atom stereocenters. The molecule has 116 valence electrons. The van der Waals surface area contributed by atoms with Crippen LogP contribution in [0.15, 0.2) is 22.7 Å². The quantitative estimate of drug-likeness (QED) is 0.854. The number of anilines is 1. The van der Waals surface area contributed by atoms with Gasteiger partial charge in [0.25, 0.3) is 0 Å². The molecule has 1 aromatic rings. The van der Waals surface area contributed by atoms with Crippen molar-refractivity contribution in [1.29, 1.82) is 0 Å². The van der Waals surface area contributed by atoms with Crippen molar-refractivity contribution in [3.8, 4) is 0 Å². The van der Waals surface area contributed by atoms with Gasteiger partial charge in [0.1, 0.15) is 0 Å². The van der Waals surface area contributed by atoms with E-state index in [9.17, 15) is 4.79 Å². The standard InChI is InChI=1S/C16H24BrN3O/c1-12(2)9-18-10-13-4-5-14(17)8-15(13)20-7-3-6-19-16(21)11-20/h4-5,8,12,18H,3,6-7,9-11H2,1-2H3,(H,19,21). The van der Waals surface area contributed by atoms with Crippen LogP contribution in [-0.4, -0.2) is 32.1 Å². The van der Waals surface area contributed by atoms with Crippen LogP contribution in [0.1, 0.15) is 25.8 Å². The molecule has 1 heterocycles. The third-order valence-corrected chi connectivity index (χ3v) is 4.01. The number of benzene rings is 1. The summed E-state index contributed by atoms with van der Waals surface area (Å²) in [5.74, 6) is 0.737. The molecule has 0 radical (unpaired) electrons. The highest BCUT2D eigenvalue weighted by molar-refractivity contribution is 9.10. The lowest BCUT2D eigenvalue weighted by atomic mass is 10.1. The maximum Gasteiger partial charge on any atom is 0.239 e. The number of nitrogens with zero attached hydrogens (tertiary/aromatic N) is 1. The Balaban J connectivity index is 2.15. The van der Waals surface area contributed by atoms with Gasteiger partial charge < -0.3 is 15.5 Å². The van der Waals surface area contributed by atoms with Crippen molar-refractivity contribution in [2.24, 2.45) is 5.92 Å². The van der Waals surface area contributed by atoms with Gasteiger partial charge in [0, 0.05) is 29.8 Å². The molecule has 1 amide bonds. The number of nitrogens with one attached hydrogen (secondary N) is 2. The Morgan fingerprint density at radius 2 is 2.24 bits per heavy atom. The van der Waals surface area contributed by atoms with Crippen LogP contribution in [0.4, 0.5) is 5.69 Å². The topological polar surface area (TPSA) is 44.4 Å². The predicted molar refractivity (Wildman–Crippen MR) is 90.5 cm³/mol. The Bertz CT molecular complexity index is 490. The van der Waals surface area contributed by atoms with Gasteiger partial charge in [-0.05, 0) is 36.6 Å². The third kappa shape index (κ3) is 5.00. The Morgan fingerprint density at radius 3 is 3.00 bits per heavy atom. The monoisotopic (exact) mass is 353 g/mol. The zero-order valence-electron chi connectivity index (χ0n) is 12.8. The first-order valence-electron chi connectivity index (χ1n) is 7.57. The molecule has 0 bridgehead atoms. The van der Waals surface area contributed by atoms with Crippen LogP contribution in [0.2, 0.25) is 0 Å². The number of hydrogen-bond donors (Lipinski definition) is 2. The molecular weight excluding hydrogens is 330 g/mol. The van der Waals surface area contributed by atoms with E-state index >= 15 is 0 Å². The Labute approximate surface area is 135 Å². The van der Waals surface area contributed by atoms with E-state index in [0.29, 0.717) is 12.5 Å². The van der Waals surface area contributed by atoms with Gasteiger partial charge in [-0.15, -0.1) is 0 Å². The molecule has 2 rings (SSSR count). The van der Waals surface area contributed by atoms with Crippen molar-refractivity contribution in [3.63, 3.8) is 0 Å². The molecule has 2 N–H and O–H groups in total. The number of carbonyl (C=O) groups excluding carboxylic acids is 1. The molecular formula is C16H24BrN3O. The molecule has 0 saturated carbocycles. The summed E-state index contributed by atoms with van der Waals surface area (Å²) in [7, 11) is 0. The van der Waals surface area contributed by atoms with E-state index in [-0.39, 0.29) is 5.91 Å². The van der Waals surface area contributed by atoms with E-state index in [1.54, 1.807) is 0 Å². The molecule has 0 aliphatic carbocycles. The minimum atomic E-state index is 0.105. The average molecular weight is 354 g/mol. The molecule has 1 aromatic carbocycles. The lowest BCUT2D eigenvalue weighted by molar-refractivity contribution is -0.119. The lowest BCUT2D eigenvalue weighted by Gasteiger charge is -2.25. The second-order valence-corrected chi connectivity index (χ2v) is 6.84. The van der Waals surface area contributed by atoms with Gasteiger partial charge in [-0.1, -0.05) is 35.8 Å². The van der Waals surface area contributed by atoms with Gasteiger partial charge in [-0.25, -0.2) is 0 Å². The van der Waals surface area contributed by atoms with Crippen molar-refractivity contribution in [2.75, 3.05) is 31.1 Å². The molecule has 5 heteroatoms. The second kappa shape index (κ2) is 7.80. The van der Waals surface area contributed by atoms with Crippen LogP contribution in [0, 0.1) is 5.92 Å². The molecule has 0 aromatic heterocycles. The fourth-order valence-corrected chi connectivity index (χ4v) is 2.84. The summed E-state index contributed by atoms with van der Waals surface area (Å²) in [6.45, 7) is 8.35. The summed E-state index contributed by atoms with van der Waals surface area (Å²) in [4.78, 5) is 14.0. The van der Waals surface area contributed by atoms with Gasteiger partial charge in [0.05, 0.1) is 6.54 Å². The Morgan fingerprint density at radius 1 is 1.43 bits per heavy atom. The molecule has 1 saturated heterocycles. The zero-order valence-corrected chi connectivity index (χ0v) is 14.4. The molecule has 1 aliphatic heterocycles. The fourth-order valence-electron chi connectivity index (χ4n) is 2.49. The van der Waals surface area contributed by atoms with Crippen LogP contribution in [0.25, 0.3) is 0 Å². The van der Waals surface area contributed by atoms with Gasteiger partial charge in [-0.3, -0.25) is 4.79 Å². The fraction of sp³-hybridized carbons (Fsp3) is 0.562. The lowest BCUT2D eigenvalue weighted by Crippen LogP contribution is -2.34. The van der Waals surface area contributed by atoms with Crippen molar-refractivity contribution in [2.45, 2.75) is 26.8 Å². The molecule has 21 heavy (non-hydrogen) atoms. The SMILES string of the molecule is CC(C)CNCc1ccc(Br)cc1N1CCCNC(=O)C1. The third-order valence-electron chi connectivity index (χ3n) is 3.52. The van der Waals surface area contributed by atoms with Gasteiger partial charge in [-0.2, -0.15) is 0 Å². The van der Waals surface area contributed by atoms with Crippen LogP contribution in [0.3, 0.4) is 0 Å². The van der Waals surface area contributed by atoms with E-state index < -0.39 is 0 Å². The van der Waals surface area contributed by atoms with E-state index in [2.05, 4.69) is 63.5 Å². The summed E-state index contributed by atoms with van der Waals surface area (Å²) in [6.07, 6.45) is 0.983. The Kier molecular flexibility index (Phi) is 6.06. The first kappa shape index (κ1) is 16.3. The van der Waals surface area contributed by atoms with E-state index in [1.165, 1.54) is 5.56 Å². The van der Waals surface area contributed by atoms with Gasteiger partial charge >= 0.3 is 0 Å². The van der Waals surface area contributed by atoms with Crippen molar-refractivity contribution < 1.29 is 4.79 Å². The Hall–Kier alpha value is -1.07. The number of halogens is 1. The average Bonchev–Trinajstić information content (AvgIpc) is 2.64. The van der Waals surface area contributed by atoms with Gasteiger partial charge in [0.15, 0.2) is 0 Å². The normalized spacial score (nSPS) is 16.0. The van der Waals surface area contributed by atoms with Crippen LogP contribution in [0.5, 0.6) is 0 Å². The molecule has 0 unspecified atom stereocenters. The first-order chi connectivity index (χ1) is 10.1. The van der Waals surface area contributed by atoms with E-state index in [0.717, 1.165) is 42.8 Å². The summed E-state index contributed by atoms with van der Waals surface area (Å²) >= 11 is 3.54. The maximum absolute atomic E-state index is 11.8. The number of carbonyl (C=O) groups is 1. The van der Waals surface area contributed by atoms with E-state index in [4.69, 9.17) is 0 Å². The minimum Gasteiger partial charge on any atom is -0.362 e. The van der Waals surface area contributed by atoms with Gasteiger partial charge in [0.2, 0.25) is 5.91 Å². The highest BCUT2D eigenvalue weighted by Gasteiger charge is 2.17. The number of hydrogen-bond acceptors (Lipinski definition) is 3. The molecule has 1 aliphatic rings. The molecule has 4 nitrogen and oxygen atoms in total.